The molecule has 2 nitrogen and oxygen atoms in total. The van der Waals surface area contributed by atoms with Crippen LogP contribution in [0.3, 0.4) is 0 Å². The van der Waals surface area contributed by atoms with E-state index in [0.717, 1.165) is 60.8 Å². The minimum Gasteiger partial charge on any atom is -0.218 e. The Balaban J connectivity index is 2.53. The van der Waals surface area contributed by atoms with Gasteiger partial charge in [0.2, 0.25) is 9.84 Å². The Kier molecular flexibility index (Phi) is 18.4. The molecule has 0 spiro atoms. The van der Waals surface area contributed by atoms with Gasteiger partial charge in [0.05, 0.1) is 9.79 Å². The van der Waals surface area contributed by atoms with Gasteiger partial charge >= 0.3 is 0 Å². The zero-order valence-electron chi connectivity index (χ0n) is 31.7. The number of allylic oxidation sites excluding steroid dienone is 2. The summed E-state index contributed by atoms with van der Waals surface area (Å²) in [6, 6.07) is 8.69. The van der Waals surface area contributed by atoms with Crippen molar-refractivity contribution in [3.63, 3.8) is 0 Å². The van der Waals surface area contributed by atoms with Crippen LogP contribution in [0.1, 0.15) is 202 Å². The molecule has 2 aromatic carbocycles. The van der Waals surface area contributed by atoms with Crippen molar-refractivity contribution in [1.82, 2.24) is 0 Å². The first-order valence-electron chi connectivity index (χ1n) is 19.2. The molecule has 0 heterocycles. The average Bonchev–Trinajstić information content (AvgIpc) is 3.02. The first-order chi connectivity index (χ1) is 22.4. The normalized spacial score (nSPS) is 12.2. The van der Waals surface area contributed by atoms with Gasteiger partial charge in [-0.25, -0.2) is 8.42 Å². The molecule has 0 radical (unpaired) electrons. The summed E-state index contributed by atoms with van der Waals surface area (Å²) < 4.78 is 30.3. The second-order valence-corrected chi connectivity index (χ2v) is 17.1. The molecule has 47 heavy (non-hydrogen) atoms. The van der Waals surface area contributed by atoms with Gasteiger partial charge in [-0.3, -0.25) is 0 Å². The summed E-state index contributed by atoms with van der Waals surface area (Å²) in [5, 5.41) is 0. The van der Waals surface area contributed by atoms with Crippen LogP contribution in [-0.4, -0.2) is 8.42 Å². The molecule has 0 saturated carbocycles. The lowest BCUT2D eigenvalue weighted by molar-refractivity contribution is 0.584. The van der Waals surface area contributed by atoms with E-state index in [0.29, 0.717) is 9.79 Å². The van der Waals surface area contributed by atoms with Crippen molar-refractivity contribution in [3.8, 4) is 0 Å². The Bertz CT molecular complexity index is 1250. The molecule has 0 aliphatic heterocycles. The van der Waals surface area contributed by atoms with Crippen LogP contribution < -0.4 is 0 Å². The van der Waals surface area contributed by atoms with Crippen molar-refractivity contribution in [2.24, 2.45) is 0 Å². The van der Waals surface area contributed by atoms with E-state index >= 15 is 8.42 Å². The maximum atomic E-state index is 15.1. The van der Waals surface area contributed by atoms with Crippen LogP contribution in [-0.2, 0) is 22.7 Å². The van der Waals surface area contributed by atoms with Crippen molar-refractivity contribution in [2.45, 2.75) is 192 Å². The third-order valence-corrected chi connectivity index (χ3v) is 11.6. The molecule has 0 unspecified atom stereocenters. The number of benzene rings is 2. The van der Waals surface area contributed by atoms with Crippen LogP contribution in [0.15, 0.2) is 59.4 Å². The summed E-state index contributed by atoms with van der Waals surface area (Å²) in [6.45, 7) is 25.1. The van der Waals surface area contributed by atoms with E-state index in [1.54, 1.807) is 0 Å². The molecule has 0 aromatic heterocycles. The maximum absolute atomic E-state index is 15.1. The van der Waals surface area contributed by atoms with Crippen molar-refractivity contribution in [1.29, 1.82) is 0 Å². The van der Waals surface area contributed by atoms with Gasteiger partial charge in [-0.05, 0) is 121 Å². The lowest BCUT2D eigenvalue weighted by Crippen LogP contribution is -2.15. The van der Waals surface area contributed by atoms with Gasteiger partial charge in [0.1, 0.15) is 0 Å². The van der Waals surface area contributed by atoms with Gasteiger partial charge in [0.15, 0.2) is 0 Å². The Labute approximate surface area is 291 Å². The van der Waals surface area contributed by atoms with Crippen molar-refractivity contribution in [3.05, 3.63) is 83.0 Å². The van der Waals surface area contributed by atoms with Gasteiger partial charge in [-0.1, -0.05) is 131 Å². The quantitative estimate of drug-likeness (QED) is 0.0828. The Morgan fingerprint density at radius 1 is 0.489 bits per heavy atom. The van der Waals surface area contributed by atoms with E-state index in [4.69, 9.17) is 0 Å². The Morgan fingerprint density at radius 2 is 0.809 bits per heavy atom. The lowest BCUT2D eigenvalue weighted by atomic mass is 9.89. The average molecular weight is 663 g/mol. The van der Waals surface area contributed by atoms with Crippen LogP contribution in [0.5, 0.6) is 0 Å². The zero-order chi connectivity index (χ0) is 35.0. The lowest BCUT2D eigenvalue weighted by Gasteiger charge is -2.25. The highest BCUT2D eigenvalue weighted by Crippen LogP contribution is 2.40. The fraction of sp³-hybridized carbons (Fsp3) is 0.636. The van der Waals surface area contributed by atoms with Crippen LogP contribution in [0.2, 0.25) is 0 Å². The van der Waals surface area contributed by atoms with Crippen LogP contribution in [0.4, 0.5) is 0 Å². The molecule has 0 amide bonds. The van der Waals surface area contributed by atoms with Gasteiger partial charge in [0.25, 0.3) is 0 Å². The molecule has 264 valence electrons. The summed E-state index contributed by atoms with van der Waals surface area (Å²) in [7, 11) is -3.76. The number of hydrogen-bond acceptors (Lipinski definition) is 2. The SMILES string of the molecule is C=CCCCCCCCCc1cc(C(C)C)cc(S(=O)(=O)c2cc(C(C)C)cc(CCCCCCCCC=C)c2C(C)C)c1C(C)C. The monoisotopic (exact) mass is 663 g/mol. The van der Waals surface area contributed by atoms with Crippen molar-refractivity contribution in [2.75, 3.05) is 0 Å². The molecule has 0 aliphatic carbocycles. The Morgan fingerprint density at radius 3 is 1.11 bits per heavy atom. The molecule has 0 saturated heterocycles. The van der Waals surface area contributed by atoms with Crippen molar-refractivity contribution < 1.29 is 8.42 Å². The zero-order valence-corrected chi connectivity index (χ0v) is 32.5. The number of aryl methyl sites for hydroxylation is 2. The molecular weight excluding hydrogens is 593 g/mol. The number of sulfone groups is 1. The first-order valence-corrected chi connectivity index (χ1v) is 20.6. The molecular formula is C44H70O2S. The minimum atomic E-state index is -3.76. The molecule has 0 bridgehead atoms. The number of rotatable bonds is 24. The summed E-state index contributed by atoms with van der Waals surface area (Å²) in [5.74, 6) is 0.758. The highest BCUT2D eigenvalue weighted by atomic mass is 32.2. The van der Waals surface area contributed by atoms with Crippen LogP contribution >= 0.6 is 0 Å². The summed E-state index contributed by atoms with van der Waals surface area (Å²) >= 11 is 0. The summed E-state index contributed by atoms with van der Waals surface area (Å²) in [6.07, 6.45) is 22.7. The smallest absolute Gasteiger partial charge is 0.207 e. The van der Waals surface area contributed by atoms with Gasteiger partial charge < -0.3 is 0 Å². The Hall–Kier alpha value is -2.13. The molecule has 0 N–H and O–H groups in total. The molecule has 0 atom stereocenters. The van der Waals surface area contributed by atoms with Crippen molar-refractivity contribution >= 4 is 9.84 Å². The van der Waals surface area contributed by atoms with Gasteiger partial charge in [-0.15, -0.1) is 13.2 Å². The first kappa shape index (κ1) is 41.0. The van der Waals surface area contributed by atoms with Gasteiger partial charge in [0, 0.05) is 0 Å². The topological polar surface area (TPSA) is 34.1 Å². The largest absolute Gasteiger partial charge is 0.218 e. The van der Waals surface area contributed by atoms with E-state index in [1.807, 2.05) is 24.3 Å². The predicted octanol–water partition coefficient (Wildman–Crippen LogP) is 13.9. The summed E-state index contributed by atoms with van der Waals surface area (Å²) in [5.41, 5.74) is 6.79. The molecule has 0 aliphatic rings. The second kappa shape index (κ2) is 21.1. The maximum Gasteiger partial charge on any atom is 0.207 e. The molecule has 0 fully saturated rings. The molecule has 3 heteroatoms. The standard InChI is InChI=1S/C44H70O2S/c1-11-13-15-17-19-21-23-25-27-37-29-39(33(3)4)31-41(43(37)35(7)8)47(45,46)42-32-40(34(5)6)30-38(44(42)36(9)10)28-26-24-22-20-18-16-14-12-2/h11-12,29-36H,1-2,13-28H2,3-10H3. The number of hydrogen-bond donors (Lipinski definition) is 0. The van der Waals surface area contributed by atoms with Gasteiger partial charge in [-0.2, -0.15) is 0 Å². The fourth-order valence-corrected chi connectivity index (χ4v) is 9.12. The van der Waals surface area contributed by atoms with E-state index < -0.39 is 9.84 Å². The number of unbranched alkanes of at least 4 members (excludes halogenated alkanes) is 12. The fourth-order valence-electron chi connectivity index (χ4n) is 6.99. The molecule has 2 aromatic rings. The third kappa shape index (κ3) is 12.7. The highest BCUT2D eigenvalue weighted by Gasteiger charge is 2.31. The summed E-state index contributed by atoms with van der Waals surface area (Å²) in [4.78, 5) is 1.10. The van der Waals surface area contributed by atoms with E-state index in [1.165, 1.54) is 75.3 Å². The van der Waals surface area contributed by atoms with E-state index in [2.05, 4.69) is 80.7 Å². The van der Waals surface area contributed by atoms with E-state index in [-0.39, 0.29) is 23.7 Å². The third-order valence-electron chi connectivity index (χ3n) is 9.78. The highest BCUT2D eigenvalue weighted by molar-refractivity contribution is 7.91. The molecule has 2 rings (SSSR count). The predicted molar refractivity (Wildman–Crippen MR) is 207 cm³/mol. The minimum absolute atomic E-state index is 0.122. The van der Waals surface area contributed by atoms with E-state index in [9.17, 15) is 0 Å². The van der Waals surface area contributed by atoms with Crippen LogP contribution in [0.25, 0.3) is 0 Å². The van der Waals surface area contributed by atoms with Crippen LogP contribution in [0, 0.1) is 0 Å². The second-order valence-electron chi connectivity index (χ2n) is 15.2.